The standard InChI is InChI=1S/C16H14BrN5O/c1-11-15(16(23)19-10-12-3-2-8-18-9-12)20-21-22(11)14-6-4-13(17)5-7-14/h2-9H,10H2,1H3,(H,19,23). The lowest BCUT2D eigenvalue weighted by Crippen LogP contribution is -2.24. The quantitative estimate of drug-likeness (QED) is 0.764. The number of aromatic nitrogens is 4. The van der Waals surface area contributed by atoms with Crippen molar-refractivity contribution >= 4 is 21.8 Å². The van der Waals surface area contributed by atoms with Gasteiger partial charge in [-0.3, -0.25) is 9.78 Å². The molecule has 0 aliphatic heterocycles. The van der Waals surface area contributed by atoms with Crippen molar-refractivity contribution in [1.82, 2.24) is 25.3 Å². The predicted octanol–water partition coefficient (Wildman–Crippen LogP) is 2.66. The topological polar surface area (TPSA) is 72.7 Å². The molecule has 0 aliphatic carbocycles. The Bertz CT molecular complexity index is 814. The summed E-state index contributed by atoms with van der Waals surface area (Å²) in [5.41, 5.74) is 2.79. The molecule has 7 heteroatoms. The van der Waals surface area contributed by atoms with Crippen molar-refractivity contribution in [2.75, 3.05) is 0 Å². The Labute approximate surface area is 141 Å². The molecule has 0 radical (unpaired) electrons. The Kier molecular flexibility index (Phi) is 4.47. The average molecular weight is 372 g/mol. The van der Waals surface area contributed by atoms with E-state index in [1.54, 1.807) is 17.1 Å². The molecule has 2 heterocycles. The van der Waals surface area contributed by atoms with Gasteiger partial charge in [0.05, 0.1) is 11.4 Å². The molecule has 0 atom stereocenters. The second kappa shape index (κ2) is 6.70. The van der Waals surface area contributed by atoms with E-state index in [1.165, 1.54) is 0 Å². The van der Waals surface area contributed by atoms with E-state index in [0.717, 1.165) is 15.7 Å². The van der Waals surface area contributed by atoms with Gasteiger partial charge in [-0.25, -0.2) is 4.68 Å². The highest BCUT2D eigenvalue weighted by molar-refractivity contribution is 9.10. The van der Waals surface area contributed by atoms with Gasteiger partial charge >= 0.3 is 0 Å². The van der Waals surface area contributed by atoms with Crippen LogP contribution in [0.25, 0.3) is 5.69 Å². The number of carbonyl (C=O) groups excluding carboxylic acids is 1. The highest BCUT2D eigenvalue weighted by Gasteiger charge is 2.17. The SMILES string of the molecule is Cc1c(C(=O)NCc2cccnc2)nnn1-c1ccc(Br)cc1. The first-order valence-electron chi connectivity index (χ1n) is 7.00. The minimum atomic E-state index is -0.255. The second-order valence-electron chi connectivity index (χ2n) is 4.96. The van der Waals surface area contributed by atoms with Crippen molar-refractivity contribution in [3.63, 3.8) is 0 Å². The molecule has 0 saturated heterocycles. The maximum absolute atomic E-state index is 12.3. The summed E-state index contributed by atoms with van der Waals surface area (Å²) in [6, 6.07) is 11.4. The molecule has 0 saturated carbocycles. The van der Waals surface area contributed by atoms with Crippen LogP contribution in [-0.4, -0.2) is 25.9 Å². The third-order valence-corrected chi connectivity index (χ3v) is 3.89. The highest BCUT2D eigenvalue weighted by Crippen LogP contribution is 2.16. The summed E-state index contributed by atoms with van der Waals surface area (Å²) in [6.07, 6.45) is 3.41. The van der Waals surface area contributed by atoms with Gasteiger partial charge in [0.1, 0.15) is 0 Å². The van der Waals surface area contributed by atoms with Crippen LogP contribution in [-0.2, 0) is 6.54 Å². The van der Waals surface area contributed by atoms with Crippen molar-refractivity contribution in [1.29, 1.82) is 0 Å². The number of nitrogens with zero attached hydrogens (tertiary/aromatic N) is 4. The van der Waals surface area contributed by atoms with Crippen LogP contribution in [0.1, 0.15) is 21.7 Å². The number of hydrogen-bond acceptors (Lipinski definition) is 4. The average Bonchev–Trinajstić information content (AvgIpc) is 2.96. The lowest BCUT2D eigenvalue weighted by atomic mass is 10.2. The normalized spacial score (nSPS) is 10.5. The maximum Gasteiger partial charge on any atom is 0.274 e. The van der Waals surface area contributed by atoms with Gasteiger partial charge in [0, 0.05) is 23.4 Å². The van der Waals surface area contributed by atoms with Gasteiger partial charge in [-0.15, -0.1) is 5.10 Å². The minimum Gasteiger partial charge on any atom is -0.346 e. The first-order valence-corrected chi connectivity index (χ1v) is 7.80. The molecule has 23 heavy (non-hydrogen) atoms. The third-order valence-electron chi connectivity index (χ3n) is 3.36. The van der Waals surface area contributed by atoms with Crippen molar-refractivity contribution in [2.24, 2.45) is 0 Å². The van der Waals surface area contributed by atoms with Crippen LogP contribution in [0.3, 0.4) is 0 Å². The summed E-state index contributed by atoms with van der Waals surface area (Å²) in [7, 11) is 0. The molecule has 116 valence electrons. The Morgan fingerprint density at radius 1 is 1.26 bits per heavy atom. The first-order chi connectivity index (χ1) is 11.1. The van der Waals surface area contributed by atoms with Crippen LogP contribution in [0.15, 0.2) is 53.3 Å². The Morgan fingerprint density at radius 3 is 2.74 bits per heavy atom. The molecule has 0 fully saturated rings. The number of nitrogens with one attached hydrogen (secondary N) is 1. The van der Waals surface area contributed by atoms with E-state index in [4.69, 9.17) is 0 Å². The highest BCUT2D eigenvalue weighted by atomic mass is 79.9. The number of halogens is 1. The summed E-state index contributed by atoms with van der Waals surface area (Å²) in [5.74, 6) is -0.255. The fraction of sp³-hybridized carbons (Fsp3) is 0.125. The largest absolute Gasteiger partial charge is 0.346 e. The molecule has 0 spiro atoms. The molecule has 1 amide bonds. The van der Waals surface area contributed by atoms with Gasteiger partial charge in [0.15, 0.2) is 5.69 Å². The van der Waals surface area contributed by atoms with E-state index < -0.39 is 0 Å². The van der Waals surface area contributed by atoms with Gasteiger partial charge in [-0.2, -0.15) is 0 Å². The molecule has 3 aromatic rings. The fourth-order valence-corrected chi connectivity index (χ4v) is 2.40. The van der Waals surface area contributed by atoms with E-state index in [9.17, 15) is 4.79 Å². The van der Waals surface area contributed by atoms with E-state index in [-0.39, 0.29) is 5.91 Å². The zero-order valence-corrected chi connectivity index (χ0v) is 14.0. The third kappa shape index (κ3) is 3.45. The minimum absolute atomic E-state index is 0.255. The summed E-state index contributed by atoms with van der Waals surface area (Å²) >= 11 is 3.39. The van der Waals surface area contributed by atoms with Gasteiger partial charge in [-0.1, -0.05) is 27.2 Å². The molecule has 3 rings (SSSR count). The van der Waals surface area contributed by atoms with Crippen LogP contribution in [0, 0.1) is 6.92 Å². The summed E-state index contributed by atoms with van der Waals surface area (Å²) in [5, 5.41) is 10.9. The molecule has 2 aromatic heterocycles. The molecule has 0 unspecified atom stereocenters. The Hall–Kier alpha value is -2.54. The smallest absolute Gasteiger partial charge is 0.274 e. The van der Waals surface area contributed by atoms with Gasteiger partial charge in [0.25, 0.3) is 5.91 Å². The molecule has 1 N–H and O–H groups in total. The molecule has 6 nitrogen and oxygen atoms in total. The summed E-state index contributed by atoms with van der Waals surface area (Å²) in [4.78, 5) is 16.3. The zero-order valence-electron chi connectivity index (χ0n) is 12.4. The van der Waals surface area contributed by atoms with Crippen LogP contribution in [0.2, 0.25) is 0 Å². The van der Waals surface area contributed by atoms with Crippen LogP contribution in [0.5, 0.6) is 0 Å². The number of pyridine rings is 1. The first kappa shape index (κ1) is 15.4. The van der Waals surface area contributed by atoms with E-state index in [2.05, 4.69) is 36.5 Å². The number of hydrogen-bond donors (Lipinski definition) is 1. The number of amides is 1. The second-order valence-corrected chi connectivity index (χ2v) is 5.87. The van der Waals surface area contributed by atoms with Gasteiger partial charge < -0.3 is 5.32 Å². The van der Waals surface area contributed by atoms with Crippen molar-refractivity contribution < 1.29 is 4.79 Å². The van der Waals surface area contributed by atoms with Crippen LogP contribution < -0.4 is 5.32 Å². The summed E-state index contributed by atoms with van der Waals surface area (Å²) < 4.78 is 2.62. The Morgan fingerprint density at radius 2 is 2.04 bits per heavy atom. The lowest BCUT2D eigenvalue weighted by Gasteiger charge is -2.05. The fourth-order valence-electron chi connectivity index (χ4n) is 2.14. The lowest BCUT2D eigenvalue weighted by molar-refractivity contribution is 0.0945. The number of benzene rings is 1. The van der Waals surface area contributed by atoms with Crippen molar-refractivity contribution in [3.8, 4) is 5.69 Å². The van der Waals surface area contributed by atoms with E-state index >= 15 is 0 Å². The monoisotopic (exact) mass is 371 g/mol. The predicted molar refractivity (Wildman–Crippen MR) is 89.2 cm³/mol. The summed E-state index contributed by atoms with van der Waals surface area (Å²) in [6.45, 7) is 2.22. The van der Waals surface area contributed by atoms with E-state index in [1.807, 2.05) is 43.3 Å². The number of carbonyl (C=O) groups is 1. The van der Waals surface area contributed by atoms with Crippen molar-refractivity contribution in [3.05, 3.63) is 70.2 Å². The van der Waals surface area contributed by atoms with E-state index in [0.29, 0.717) is 17.9 Å². The van der Waals surface area contributed by atoms with Crippen LogP contribution in [0.4, 0.5) is 0 Å². The zero-order chi connectivity index (χ0) is 16.2. The maximum atomic E-state index is 12.3. The molecule has 0 aliphatic rings. The van der Waals surface area contributed by atoms with Gasteiger partial charge in [-0.05, 0) is 42.8 Å². The van der Waals surface area contributed by atoms with Gasteiger partial charge in [0.2, 0.25) is 0 Å². The van der Waals surface area contributed by atoms with Crippen molar-refractivity contribution in [2.45, 2.75) is 13.5 Å². The molecule has 0 bridgehead atoms. The molecular formula is C16H14BrN5O. The molecular weight excluding hydrogens is 358 g/mol. The number of rotatable bonds is 4. The van der Waals surface area contributed by atoms with Crippen LogP contribution >= 0.6 is 15.9 Å². The Balaban J connectivity index is 1.76. The molecule has 1 aromatic carbocycles.